The highest BCUT2D eigenvalue weighted by Gasteiger charge is 2.27. The molecule has 100 valence electrons. The summed E-state index contributed by atoms with van der Waals surface area (Å²) in [6.07, 6.45) is 5.93. The van der Waals surface area contributed by atoms with Crippen LogP contribution >= 0.6 is 23.4 Å². The number of fused-ring (bicyclic) bond motifs is 1. The van der Waals surface area contributed by atoms with E-state index in [1.54, 1.807) is 0 Å². The van der Waals surface area contributed by atoms with E-state index in [2.05, 4.69) is 21.8 Å². The minimum atomic E-state index is 0.467. The maximum absolute atomic E-state index is 6.10. The molecule has 5 heteroatoms. The number of anilines is 1. The first-order chi connectivity index (χ1) is 9.29. The molecule has 2 aromatic rings. The van der Waals surface area contributed by atoms with Crippen molar-refractivity contribution < 1.29 is 0 Å². The van der Waals surface area contributed by atoms with E-state index in [0.29, 0.717) is 16.4 Å². The Morgan fingerprint density at radius 2 is 2.00 bits per heavy atom. The van der Waals surface area contributed by atoms with Gasteiger partial charge in [0.2, 0.25) is 0 Å². The van der Waals surface area contributed by atoms with Crippen LogP contribution in [0.25, 0.3) is 10.8 Å². The first-order valence-electron chi connectivity index (χ1n) is 6.50. The van der Waals surface area contributed by atoms with Gasteiger partial charge in [0.05, 0.1) is 0 Å². The summed E-state index contributed by atoms with van der Waals surface area (Å²) in [5.41, 5.74) is 0. The van der Waals surface area contributed by atoms with Crippen molar-refractivity contribution in [3.63, 3.8) is 0 Å². The molecule has 0 radical (unpaired) electrons. The second kappa shape index (κ2) is 5.55. The summed E-state index contributed by atoms with van der Waals surface area (Å²) in [5.74, 6) is 0.853. The van der Waals surface area contributed by atoms with Gasteiger partial charge in [0, 0.05) is 22.1 Å². The summed E-state index contributed by atoms with van der Waals surface area (Å²) in [6.45, 7) is 0. The van der Waals surface area contributed by atoms with E-state index in [-0.39, 0.29) is 0 Å². The van der Waals surface area contributed by atoms with Gasteiger partial charge in [-0.15, -0.1) is 10.2 Å². The van der Waals surface area contributed by atoms with Crippen LogP contribution in [0.5, 0.6) is 0 Å². The Morgan fingerprint density at radius 3 is 2.79 bits per heavy atom. The van der Waals surface area contributed by atoms with E-state index in [1.807, 2.05) is 36.0 Å². The van der Waals surface area contributed by atoms with Crippen molar-refractivity contribution in [2.45, 2.75) is 30.6 Å². The second-order valence-corrected chi connectivity index (χ2v) is 6.28. The van der Waals surface area contributed by atoms with Gasteiger partial charge < -0.3 is 5.32 Å². The molecule has 1 aliphatic carbocycles. The maximum Gasteiger partial charge on any atom is 0.159 e. The Kier molecular flexibility index (Phi) is 3.80. The van der Waals surface area contributed by atoms with E-state index >= 15 is 0 Å². The fourth-order valence-corrected chi connectivity index (χ4v) is 3.86. The van der Waals surface area contributed by atoms with E-state index in [9.17, 15) is 0 Å². The number of nitrogens with one attached hydrogen (secondary N) is 1. The first kappa shape index (κ1) is 13.0. The lowest BCUT2D eigenvalue weighted by molar-refractivity contribution is 0.761. The number of thioether (sulfide) groups is 1. The van der Waals surface area contributed by atoms with Crippen molar-refractivity contribution in [2.24, 2.45) is 0 Å². The average Bonchev–Trinajstić information content (AvgIpc) is 2.89. The smallest absolute Gasteiger partial charge is 0.159 e. The Labute approximate surface area is 122 Å². The predicted octanol–water partition coefficient (Wildman–Crippen LogP) is 3.98. The number of benzene rings is 1. The van der Waals surface area contributed by atoms with Crippen LogP contribution in [-0.2, 0) is 0 Å². The number of nitrogens with zero attached hydrogens (tertiary/aromatic N) is 2. The number of hydrogen-bond acceptors (Lipinski definition) is 4. The highest BCUT2D eigenvalue weighted by atomic mass is 35.5. The maximum atomic E-state index is 6.10. The van der Waals surface area contributed by atoms with Gasteiger partial charge in [-0.2, -0.15) is 11.8 Å². The van der Waals surface area contributed by atoms with E-state index in [4.69, 9.17) is 11.6 Å². The van der Waals surface area contributed by atoms with Crippen LogP contribution in [0, 0.1) is 0 Å². The SMILES string of the molecule is CSC1CCCC1Nc1nnc(Cl)c2ccccc12. The molecule has 3 nitrogen and oxygen atoms in total. The zero-order valence-corrected chi connectivity index (χ0v) is 12.3. The molecule has 1 N–H and O–H groups in total. The van der Waals surface area contributed by atoms with Crippen molar-refractivity contribution in [3.05, 3.63) is 29.4 Å². The van der Waals surface area contributed by atoms with Gasteiger partial charge >= 0.3 is 0 Å². The van der Waals surface area contributed by atoms with Gasteiger partial charge in [-0.25, -0.2) is 0 Å². The predicted molar refractivity (Wildman–Crippen MR) is 83.1 cm³/mol. The zero-order valence-electron chi connectivity index (χ0n) is 10.8. The number of halogens is 1. The molecule has 1 aromatic carbocycles. The third kappa shape index (κ3) is 2.51. The van der Waals surface area contributed by atoms with Crippen LogP contribution in [0.4, 0.5) is 5.82 Å². The molecule has 0 amide bonds. The van der Waals surface area contributed by atoms with Crippen molar-refractivity contribution in [1.29, 1.82) is 0 Å². The van der Waals surface area contributed by atoms with Gasteiger partial charge in [0.15, 0.2) is 11.0 Å². The molecule has 1 aromatic heterocycles. The molecule has 0 bridgehead atoms. The molecule has 2 atom stereocenters. The monoisotopic (exact) mass is 293 g/mol. The quantitative estimate of drug-likeness (QED) is 0.929. The molecule has 1 saturated carbocycles. The normalized spacial score (nSPS) is 22.8. The minimum Gasteiger partial charge on any atom is -0.364 e. The number of hydrogen-bond donors (Lipinski definition) is 1. The Bertz CT molecular complexity index is 590. The lowest BCUT2D eigenvalue weighted by Gasteiger charge is -2.20. The topological polar surface area (TPSA) is 37.8 Å². The fourth-order valence-electron chi connectivity index (χ4n) is 2.73. The van der Waals surface area contributed by atoms with Crippen molar-refractivity contribution in [2.75, 3.05) is 11.6 Å². The molecule has 0 aliphatic heterocycles. The van der Waals surface area contributed by atoms with Crippen LogP contribution in [0.15, 0.2) is 24.3 Å². The Morgan fingerprint density at radius 1 is 1.21 bits per heavy atom. The summed E-state index contributed by atoms with van der Waals surface area (Å²) in [5, 5.41) is 15.0. The largest absolute Gasteiger partial charge is 0.364 e. The summed E-state index contributed by atoms with van der Waals surface area (Å²) >= 11 is 8.03. The summed E-state index contributed by atoms with van der Waals surface area (Å²) < 4.78 is 0. The summed E-state index contributed by atoms with van der Waals surface area (Å²) in [4.78, 5) is 0. The van der Waals surface area contributed by atoms with Gasteiger partial charge in [0.25, 0.3) is 0 Å². The van der Waals surface area contributed by atoms with E-state index < -0.39 is 0 Å². The number of rotatable bonds is 3. The third-order valence-electron chi connectivity index (χ3n) is 3.72. The fraction of sp³-hybridized carbons (Fsp3) is 0.429. The molecular formula is C14H16ClN3S. The minimum absolute atomic E-state index is 0.467. The molecular weight excluding hydrogens is 278 g/mol. The molecule has 0 spiro atoms. The average molecular weight is 294 g/mol. The van der Waals surface area contributed by atoms with Crippen LogP contribution < -0.4 is 5.32 Å². The lowest BCUT2D eigenvalue weighted by atomic mass is 10.1. The summed E-state index contributed by atoms with van der Waals surface area (Å²) in [7, 11) is 0. The molecule has 1 aliphatic rings. The van der Waals surface area contributed by atoms with E-state index in [0.717, 1.165) is 16.6 Å². The van der Waals surface area contributed by atoms with Crippen molar-refractivity contribution in [1.82, 2.24) is 10.2 Å². The van der Waals surface area contributed by atoms with Crippen molar-refractivity contribution >= 4 is 40.0 Å². The zero-order chi connectivity index (χ0) is 13.2. The number of aromatic nitrogens is 2. The highest BCUT2D eigenvalue weighted by Crippen LogP contribution is 2.32. The summed E-state index contributed by atoms with van der Waals surface area (Å²) in [6, 6.07) is 8.49. The van der Waals surface area contributed by atoms with Gasteiger partial charge in [-0.1, -0.05) is 42.3 Å². The third-order valence-corrected chi connectivity index (χ3v) is 5.17. The van der Waals surface area contributed by atoms with Crippen LogP contribution in [0.1, 0.15) is 19.3 Å². The Hall–Kier alpha value is -1.00. The Balaban J connectivity index is 1.95. The molecule has 19 heavy (non-hydrogen) atoms. The molecule has 1 heterocycles. The van der Waals surface area contributed by atoms with Crippen LogP contribution in [0.2, 0.25) is 5.15 Å². The van der Waals surface area contributed by atoms with Crippen LogP contribution in [0.3, 0.4) is 0 Å². The standard InChI is InChI=1S/C14H16ClN3S/c1-19-12-8-4-7-11(12)16-14-10-6-3-2-5-9(10)13(15)17-18-14/h2-3,5-6,11-12H,4,7-8H2,1H3,(H,16,18). The van der Waals surface area contributed by atoms with E-state index in [1.165, 1.54) is 19.3 Å². The van der Waals surface area contributed by atoms with Crippen LogP contribution in [-0.4, -0.2) is 27.7 Å². The highest BCUT2D eigenvalue weighted by molar-refractivity contribution is 7.99. The van der Waals surface area contributed by atoms with Gasteiger partial charge in [-0.05, 0) is 19.1 Å². The van der Waals surface area contributed by atoms with Gasteiger partial charge in [-0.3, -0.25) is 0 Å². The molecule has 3 rings (SSSR count). The van der Waals surface area contributed by atoms with Crippen molar-refractivity contribution in [3.8, 4) is 0 Å². The van der Waals surface area contributed by atoms with Gasteiger partial charge in [0.1, 0.15) is 0 Å². The second-order valence-electron chi connectivity index (χ2n) is 4.84. The first-order valence-corrected chi connectivity index (χ1v) is 8.16. The molecule has 1 fully saturated rings. The molecule has 2 unspecified atom stereocenters. The molecule has 0 saturated heterocycles. The lowest BCUT2D eigenvalue weighted by Crippen LogP contribution is -2.26.